The van der Waals surface area contributed by atoms with Crippen LogP contribution < -0.4 is 0 Å². The Labute approximate surface area is 118 Å². The Morgan fingerprint density at radius 2 is 2.00 bits per heavy atom. The molecule has 2 heterocycles. The van der Waals surface area contributed by atoms with Crippen molar-refractivity contribution >= 4 is 27.5 Å². The van der Waals surface area contributed by atoms with Crippen molar-refractivity contribution in [1.82, 2.24) is 20.0 Å². The Kier molecular flexibility index (Phi) is 2.28. The lowest BCUT2D eigenvalue weighted by molar-refractivity contribution is -0.384. The van der Waals surface area contributed by atoms with Gasteiger partial charge in [-0.2, -0.15) is 5.10 Å². The zero-order valence-corrected chi connectivity index (χ0v) is 10.7. The summed E-state index contributed by atoms with van der Waals surface area (Å²) in [5, 5.41) is 20.2. The molecule has 1 N–H and O–H groups in total. The normalized spacial score (nSPS) is 11.2. The number of rotatable bonds is 2. The molecular weight excluding hydrogens is 270 g/mol. The fourth-order valence-corrected chi connectivity index (χ4v) is 2.50. The Bertz CT molecular complexity index is 985. The van der Waals surface area contributed by atoms with Gasteiger partial charge >= 0.3 is 0 Å². The first-order chi connectivity index (χ1) is 10.3. The maximum atomic E-state index is 11.2. The van der Waals surface area contributed by atoms with Crippen LogP contribution in [-0.4, -0.2) is 24.9 Å². The molecule has 4 aromatic rings. The summed E-state index contributed by atoms with van der Waals surface area (Å²) in [4.78, 5) is 14.9. The predicted octanol–water partition coefficient (Wildman–Crippen LogP) is 2.81. The minimum absolute atomic E-state index is 0.0220. The van der Waals surface area contributed by atoms with Crippen LogP contribution in [0.25, 0.3) is 27.5 Å². The van der Waals surface area contributed by atoms with Gasteiger partial charge in [-0.25, -0.2) is 9.90 Å². The van der Waals surface area contributed by atoms with Crippen molar-refractivity contribution in [3.05, 3.63) is 58.9 Å². The number of nitro benzene ring substituents is 1. The van der Waals surface area contributed by atoms with Crippen LogP contribution in [0.2, 0.25) is 0 Å². The highest BCUT2D eigenvalue weighted by atomic mass is 16.6. The third-order valence-corrected chi connectivity index (χ3v) is 3.47. The maximum absolute atomic E-state index is 11.2. The first kappa shape index (κ1) is 11.6. The van der Waals surface area contributed by atoms with E-state index in [1.165, 1.54) is 6.07 Å². The molecule has 0 bridgehead atoms. The summed E-state index contributed by atoms with van der Waals surface area (Å²) in [6.45, 7) is 0. The molecule has 0 spiro atoms. The summed E-state index contributed by atoms with van der Waals surface area (Å²) >= 11 is 0. The van der Waals surface area contributed by atoms with Gasteiger partial charge in [-0.15, -0.1) is 0 Å². The number of hydrogen-bond donors (Lipinski definition) is 1. The van der Waals surface area contributed by atoms with E-state index in [2.05, 4.69) is 15.3 Å². The molecule has 4 rings (SSSR count). The standard InChI is InChI=1S/C14H9N5O2/c20-19(21)12-4-2-1-3-11(12)18-13-6-5-9-7-15-8-10(9)14(13)16-17-18/h1-8,17H. The number of nitrogens with one attached hydrogen (secondary N) is 1. The lowest BCUT2D eigenvalue weighted by Crippen LogP contribution is -2.01. The van der Waals surface area contributed by atoms with Gasteiger partial charge in [0.25, 0.3) is 5.69 Å². The van der Waals surface area contributed by atoms with Gasteiger partial charge in [0.2, 0.25) is 0 Å². The molecule has 0 radical (unpaired) electrons. The van der Waals surface area contributed by atoms with Gasteiger partial charge in [0.15, 0.2) is 0 Å². The summed E-state index contributed by atoms with van der Waals surface area (Å²) in [6.07, 6.45) is 3.50. The van der Waals surface area contributed by atoms with Crippen molar-refractivity contribution < 1.29 is 4.92 Å². The molecule has 21 heavy (non-hydrogen) atoms. The van der Waals surface area contributed by atoms with E-state index in [4.69, 9.17) is 0 Å². The lowest BCUT2D eigenvalue weighted by atomic mass is 10.2. The van der Waals surface area contributed by atoms with Crippen LogP contribution in [-0.2, 0) is 0 Å². The van der Waals surface area contributed by atoms with E-state index < -0.39 is 4.92 Å². The van der Waals surface area contributed by atoms with Crippen LogP contribution >= 0.6 is 0 Å². The van der Waals surface area contributed by atoms with E-state index in [1.807, 2.05) is 12.1 Å². The molecule has 0 amide bonds. The molecule has 0 atom stereocenters. The second-order valence-corrected chi connectivity index (χ2v) is 4.64. The quantitative estimate of drug-likeness (QED) is 0.451. The Balaban J connectivity index is 2.06. The van der Waals surface area contributed by atoms with Crippen LogP contribution in [0.15, 0.2) is 48.8 Å². The zero-order chi connectivity index (χ0) is 14.4. The van der Waals surface area contributed by atoms with Crippen molar-refractivity contribution in [2.24, 2.45) is 0 Å². The SMILES string of the molecule is O=[N+]([O-])c1ccccc1-n1[nH]nc2c3cncc3ccc21. The second kappa shape index (κ2) is 4.14. The van der Waals surface area contributed by atoms with Crippen molar-refractivity contribution in [3.8, 4) is 5.69 Å². The minimum atomic E-state index is -0.405. The number of benzene rings is 2. The van der Waals surface area contributed by atoms with Gasteiger partial charge in [0, 0.05) is 29.2 Å². The smallest absolute Gasteiger partial charge is 0.263 e. The van der Waals surface area contributed by atoms with Crippen LogP contribution in [0.3, 0.4) is 0 Å². The Morgan fingerprint density at radius 3 is 2.86 bits per heavy atom. The number of hydrogen-bond acceptors (Lipinski definition) is 4. The summed E-state index contributed by atoms with van der Waals surface area (Å²) in [6, 6.07) is 10.3. The number of fused-ring (bicyclic) bond motifs is 3. The maximum Gasteiger partial charge on any atom is 0.294 e. The number of H-pyrrole nitrogens is 1. The molecular formula is C14H9N5O2. The van der Waals surface area contributed by atoms with E-state index in [0.29, 0.717) is 5.69 Å². The Hall–Kier alpha value is -3.22. The molecule has 0 saturated carbocycles. The van der Waals surface area contributed by atoms with Crippen LogP contribution in [0.1, 0.15) is 0 Å². The van der Waals surface area contributed by atoms with Crippen molar-refractivity contribution in [1.29, 1.82) is 0 Å². The highest BCUT2D eigenvalue weighted by molar-refractivity contribution is 6.04. The lowest BCUT2D eigenvalue weighted by Gasteiger charge is -2.04. The van der Waals surface area contributed by atoms with Gasteiger partial charge in [-0.3, -0.25) is 15.1 Å². The molecule has 2 aromatic carbocycles. The number of nitro groups is 1. The topological polar surface area (TPSA) is 89.6 Å². The van der Waals surface area contributed by atoms with Crippen LogP contribution in [0.4, 0.5) is 5.69 Å². The third-order valence-electron chi connectivity index (χ3n) is 3.47. The van der Waals surface area contributed by atoms with Gasteiger partial charge in [0.05, 0.1) is 10.4 Å². The minimum Gasteiger partial charge on any atom is -0.263 e. The fourth-order valence-electron chi connectivity index (χ4n) is 2.50. The Morgan fingerprint density at radius 1 is 1.14 bits per heavy atom. The molecule has 7 nitrogen and oxygen atoms in total. The average Bonchev–Trinajstić information content (AvgIpc) is 3.12. The molecule has 2 aromatic heterocycles. The fraction of sp³-hybridized carbons (Fsp3) is 0. The number of nitrogens with zero attached hydrogens (tertiary/aromatic N) is 4. The van der Waals surface area contributed by atoms with E-state index in [0.717, 1.165) is 21.8 Å². The van der Waals surface area contributed by atoms with E-state index in [1.54, 1.807) is 35.3 Å². The zero-order valence-electron chi connectivity index (χ0n) is 10.7. The van der Waals surface area contributed by atoms with Gasteiger partial charge in [0.1, 0.15) is 11.2 Å². The summed E-state index contributed by atoms with van der Waals surface area (Å²) in [5.41, 5.74) is 1.98. The van der Waals surface area contributed by atoms with Crippen molar-refractivity contribution in [2.75, 3.05) is 0 Å². The molecule has 0 fully saturated rings. The van der Waals surface area contributed by atoms with E-state index >= 15 is 0 Å². The molecule has 0 aliphatic rings. The molecule has 0 saturated heterocycles. The second-order valence-electron chi connectivity index (χ2n) is 4.64. The van der Waals surface area contributed by atoms with E-state index in [9.17, 15) is 10.1 Å². The molecule has 0 aliphatic carbocycles. The molecule has 0 aliphatic heterocycles. The van der Waals surface area contributed by atoms with Crippen molar-refractivity contribution in [2.45, 2.75) is 0 Å². The largest absolute Gasteiger partial charge is 0.294 e. The third kappa shape index (κ3) is 1.61. The predicted molar refractivity (Wildman–Crippen MR) is 77.4 cm³/mol. The summed E-state index contributed by atoms with van der Waals surface area (Å²) in [5.74, 6) is 0. The first-order valence-electron chi connectivity index (χ1n) is 6.29. The van der Waals surface area contributed by atoms with Crippen LogP contribution in [0.5, 0.6) is 0 Å². The number of aromatic amines is 1. The highest BCUT2D eigenvalue weighted by Crippen LogP contribution is 2.28. The van der Waals surface area contributed by atoms with Crippen molar-refractivity contribution in [3.63, 3.8) is 0 Å². The molecule has 7 heteroatoms. The monoisotopic (exact) mass is 279 g/mol. The van der Waals surface area contributed by atoms with Gasteiger partial charge in [-0.05, 0) is 12.1 Å². The highest BCUT2D eigenvalue weighted by Gasteiger charge is 2.17. The number of para-hydroxylation sites is 2. The van der Waals surface area contributed by atoms with E-state index in [-0.39, 0.29) is 5.69 Å². The number of aromatic nitrogens is 4. The van der Waals surface area contributed by atoms with Gasteiger partial charge in [-0.1, -0.05) is 18.2 Å². The van der Waals surface area contributed by atoms with Gasteiger partial charge < -0.3 is 0 Å². The van der Waals surface area contributed by atoms with Crippen LogP contribution in [0, 0.1) is 10.1 Å². The molecule has 102 valence electrons. The first-order valence-corrected chi connectivity index (χ1v) is 6.29. The summed E-state index contributed by atoms with van der Waals surface area (Å²) < 4.78 is 1.61. The molecule has 0 unspecified atom stereocenters. The summed E-state index contributed by atoms with van der Waals surface area (Å²) in [7, 11) is 0. The average molecular weight is 279 g/mol.